The molecule has 1 N–H and O–H groups in total. The van der Waals surface area contributed by atoms with Gasteiger partial charge >= 0.3 is 0 Å². The summed E-state index contributed by atoms with van der Waals surface area (Å²) in [7, 11) is 0. The number of nitrogens with zero attached hydrogens (tertiary/aromatic N) is 3. The third-order valence-corrected chi connectivity index (χ3v) is 8.12. The lowest BCUT2D eigenvalue weighted by Gasteiger charge is -2.48. The van der Waals surface area contributed by atoms with Gasteiger partial charge in [0.25, 0.3) is 0 Å². The van der Waals surface area contributed by atoms with E-state index in [1.165, 1.54) is 25.7 Å². The maximum absolute atomic E-state index is 10.4. The van der Waals surface area contributed by atoms with Crippen molar-refractivity contribution in [1.29, 1.82) is 21.2 Å². The van der Waals surface area contributed by atoms with Crippen molar-refractivity contribution in [3.8, 4) is 24.0 Å². The van der Waals surface area contributed by atoms with Crippen molar-refractivity contribution in [3.63, 3.8) is 0 Å². The molecule has 8 heteroatoms. The Morgan fingerprint density at radius 1 is 0.921 bits per heavy atom. The van der Waals surface area contributed by atoms with Gasteiger partial charge in [-0.15, -0.1) is 0 Å². The second-order valence-corrected chi connectivity index (χ2v) is 10.4. The fraction of sp³-hybridized carbons (Fsp3) is 0.467. The lowest BCUT2D eigenvalue weighted by Crippen LogP contribution is -2.57. The molecule has 2 saturated heterocycles. The Bertz CT molecular complexity index is 1280. The summed E-state index contributed by atoms with van der Waals surface area (Å²) < 4.78 is 18.4. The largest absolute Gasteiger partial charge is 0.494 e. The van der Waals surface area contributed by atoms with Gasteiger partial charge in [-0.25, -0.2) is 0 Å². The molecule has 2 aromatic carbocycles. The predicted molar refractivity (Wildman–Crippen MR) is 142 cm³/mol. The molecule has 0 radical (unpaired) electrons. The van der Waals surface area contributed by atoms with Crippen molar-refractivity contribution in [2.75, 3.05) is 6.61 Å². The molecule has 4 rings (SSSR count). The van der Waals surface area contributed by atoms with E-state index in [2.05, 4.69) is 25.1 Å². The third-order valence-electron chi connectivity index (χ3n) is 7.86. The van der Waals surface area contributed by atoms with Crippen molar-refractivity contribution >= 4 is 17.5 Å². The Balaban J connectivity index is 1.66. The van der Waals surface area contributed by atoms with Crippen LogP contribution in [0.5, 0.6) is 5.75 Å². The normalized spacial score (nSPS) is 27.0. The molecule has 0 saturated carbocycles. The van der Waals surface area contributed by atoms with Gasteiger partial charge < -0.3 is 14.2 Å². The molecule has 4 atom stereocenters. The smallest absolute Gasteiger partial charge is 0.244 e. The Labute approximate surface area is 229 Å². The number of hydrogen-bond acceptors (Lipinski definition) is 7. The van der Waals surface area contributed by atoms with Crippen LogP contribution >= 0.6 is 11.6 Å². The second-order valence-electron chi connectivity index (χ2n) is 9.96. The third kappa shape index (κ3) is 4.19. The molecule has 4 unspecified atom stereocenters. The molecule has 196 valence electrons. The van der Waals surface area contributed by atoms with Crippen LogP contribution in [0, 0.1) is 56.2 Å². The summed E-state index contributed by atoms with van der Waals surface area (Å²) in [6, 6.07) is 20.1. The topological polar surface area (TPSA) is 123 Å². The Morgan fingerprint density at radius 2 is 1.55 bits per heavy atom. The average Bonchev–Trinajstić information content (AvgIpc) is 3.09. The van der Waals surface area contributed by atoms with Crippen molar-refractivity contribution < 1.29 is 14.2 Å². The van der Waals surface area contributed by atoms with E-state index in [-0.39, 0.29) is 0 Å². The lowest BCUT2D eigenvalue weighted by atomic mass is 9.53. The second kappa shape index (κ2) is 11.0. The predicted octanol–water partition coefficient (Wildman–Crippen LogP) is 7.19. The van der Waals surface area contributed by atoms with E-state index in [1.54, 1.807) is 55.5 Å². The lowest BCUT2D eigenvalue weighted by molar-refractivity contribution is -0.288. The maximum atomic E-state index is 10.4. The molecule has 2 aromatic rings. The van der Waals surface area contributed by atoms with Gasteiger partial charge in [0.05, 0.1) is 30.7 Å². The maximum Gasteiger partial charge on any atom is 0.244 e. The standard InChI is InChI=1S/C30H31ClN4O3/c1-3-4-5-6-7-8-17-36-25-15-9-22(10-16-25)26-28(18-32,19-33)29(20-34)21(2)30(37-26,38-27(29)35)23-11-13-24(31)14-12-23/h9-16,21,26,35H,3-8,17H2,1-2H3. The molecular formula is C30H31ClN4O3. The minimum Gasteiger partial charge on any atom is -0.494 e. The van der Waals surface area contributed by atoms with Crippen LogP contribution in [0.1, 0.15) is 69.6 Å². The minimum absolute atomic E-state index is 0.452. The minimum atomic E-state index is -2.02. The molecule has 2 bridgehead atoms. The van der Waals surface area contributed by atoms with Crippen molar-refractivity contribution in [2.45, 2.75) is 64.3 Å². The van der Waals surface area contributed by atoms with E-state index in [0.29, 0.717) is 28.5 Å². The Hall–Kier alpha value is -3.57. The van der Waals surface area contributed by atoms with Gasteiger partial charge in [0.15, 0.2) is 5.41 Å². The van der Waals surface area contributed by atoms with Crippen LogP contribution in [0.15, 0.2) is 48.5 Å². The highest BCUT2D eigenvalue weighted by Crippen LogP contribution is 2.69. The van der Waals surface area contributed by atoms with Crippen LogP contribution < -0.4 is 4.74 Å². The first kappa shape index (κ1) is 27.5. The number of rotatable bonds is 10. The zero-order chi connectivity index (χ0) is 27.4. The zero-order valence-corrected chi connectivity index (χ0v) is 22.4. The quantitative estimate of drug-likeness (QED) is 0.324. The van der Waals surface area contributed by atoms with Gasteiger partial charge in [0, 0.05) is 10.6 Å². The molecular weight excluding hydrogens is 500 g/mol. The van der Waals surface area contributed by atoms with E-state index in [0.717, 1.165) is 12.8 Å². The molecule has 0 aromatic heterocycles. The van der Waals surface area contributed by atoms with Crippen molar-refractivity contribution in [3.05, 3.63) is 64.7 Å². The summed E-state index contributed by atoms with van der Waals surface area (Å²) in [5.41, 5.74) is -2.81. The number of benzene rings is 2. The molecule has 0 amide bonds. The number of halogens is 1. The first-order valence-corrected chi connectivity index (χ1v) is 13.4. The van der Waals surface area contributed by atoms with E-state index < -0.39 is 34.5 Å². The van der Waals surface area contributed by atoms with Crippen molar-refractivity contribution in [2.24, 2.45) is 16.7 Å². The Kier molecular flexibility index (Phi) is 7.98. The number of nitrogens with one attached hydrogen (secondary N) is 1. The van der Waals surface area contributed by atoms with Gasteiger partial charge in [0.2, 0.25) is 17.1 Å². The van der Waals surface area contributed by atoms with Gasteiger partial charge in [0.1, 0.15) is 11.9 Å². The SMILES string of the molecule is CCCCCCCCOc1ccc(C2OC3(c4ccc(Cl)cc4)OC(=N)C(C#N)(C3C)C2(C#N)C#N)cc1. The molecule has 2 fully saturated rings. The molecule has 2 aliphatic rings. The van der Waals surface area contributed by atoms with Crippen LogP contribution in [0.3, 0.4) is 0 Å². The summed E-state index contributed by atoms with van der Waals surface area (Å²) in [6.45, 7) is 4.48. The van der Waals surface area contributed by atoms with Crippen LogP contribution in [-0.2, 0) is 15.3 Å². The number of nitriles is 3. The fourth-order valence-corrected chi connectivity index (χ4v) is 5.79. The Morgan fingerprint density at radius 3 is 2.16 bits per heavy atom. The van der Waals surface area contributed by atoms with E-state index in [4.69, 9.17) is 31.2 Å². The highest BCUT2D eigenvalue weighted by Gasteiger charge is 2.79. The molecule has 38 heavy (non-hydrogen) atoms. The monoisotopic (exact) mass is 530 g/mol. The van der Waals surface area contributed by atoms with Crippen LogP contribution in [-0.4, -0.2) is 12.5 Å². The van der Waals surface area contributed by atoms with Crippen LogP contribution in [0.4, 0.5) is 0 Å². The fourth-order valence-electron chi connectivity index (χ4n) is 5.66. The summed E-state index contributed by atoms with van der Waals surface area (Å²) >= 11 is 6.10. The van der Waals surface area contributed by atoms with Gasteiger partial charge in [-0.1, -0.05) is 81.8 Å². The molecule has 0 aliphatic carbocycles. The molecule has 2 aliphatic heterocycles. The molecule has 2 heterocycles. The van der Waals surface area contributed by atoms with E-state index in [1.807, 2.05) is 0 Å². The van der Waals surface area contributed by atoms with Gasteiger partial charge in [-0.2, -0.15) is 15.8 Å². The van der Waals surface area contributed by atoms with Crippen LogP contribution in [0.2, 0.25) is 5.02 Å². The van der Waals surface area contributed by atoms with E-state index in [9.17, 15) is 15.8 Å². The summed E-state index contributed by atoms with van der Waals surface area (Å²) in [6.07, 6.45) is 5.84. The van der Waals surface area contributed by atoms with Gasteiger partial charge in [-0.05, 0) is 36.2 Å². The summed E-state index contributed by atoms with van der Waals surface area (Å²) in [4.78, 5) is 0. The number of hydrogen-bond donors (Lipinski definition) is 1. The first-order valence-electron chi connectivity index (χ1n) is 13.0. The van der Waals surface area contributed by atoms with Crippen molar-refractivity contribution in [1.82, 2.24) is 0 Å². The zero-order valence-electron chi connectivity index (χ0n) is 21.7. The number of ether oxygens (including phenoxy) is 3. The number of unbranched alkanes of at least 4 members (excludes halogenated alkanes) is 5. The van der Waals surface area contributed by atoms with Crippen LogP contribution in [0.25, 0.3) is 0 Å². The summed E-state index contributed by atoms with van der Waals surface area (Å²) in [5.74, 6) is -2.16. The van der Waals surface area contributed by atoms with E-state index >= 15 is 0 Å². The number of fused-ring (bicyclic) bond motifs is 2. The molecule has 0 spiro atoms. The highest BCUT2D eigenvalue weighted by molar-refractivity contribution is 6.30. The highest BCUT2D eigenvalue weighted by atomic mass is 35.5. The van der Waals surface area contributed by atoms with Gasteiger partial charge in [-0.3, -0.25) is 5.41 Å². The first-order chi connectivity index (χ1) is 18.3. The molecule has 7 nitrogen and oxygen atoms in total. The summed E-state index contributed by atoms with van der Waals surface area (Å²) in [5, 5.41) is 40.4. The average molecular weight is 531 g/mol.